The van der Waals surface area contributed by atoms with E-state index in [0.29, 0.717) is 11.3 Å². The molecule has 0 radical (unpaired) electrons. The van der Waals surface area contributed by atoms with Gasteiger partial charge in [-0.3, -0.25) is 4.79 Å². The van der Waals surface area contributed by atoms with E-state index in [0.717, 1.165) is 20.8 Å². The SMILES string of the molecule is O=Cc1conc1-c1cc(Br)cc(Br)c1. The van der Waals surface area contributed by atoms with Crippen LogP contribution in [0.3, 0.4) is 0 Å². The molecule has 3 nitrogen and oxygen atoms in total. The van der Waals surface area contributed by atoms with Crippen molar-refractivity contribution in [2.45, 2.75) is 0 Å². The van der Waals surface area contributed by atoms with Gasteiger partial charge in [-0.1, -0.05) is 37.0 Å². The van der Waals surface area contributed by atoms with Crippen LogP contribution in [0.1, 0.15) is 10.4 Å². The maximum Gasteiger partial charge on any atom is 0.155 e. The molecule has 1 aromatic heterocycles. The third-order valence-electron chi connectivity index (χ3n) is 1.86. The number of nitrogens with zero attached hydrogens (tertiary/aromatic N) is 1. The van der Waals surface area contributed by atoms with Crippen LogP contribution in [0.5, 0.6) is 0 Å². The van der Waals surface area contributed by atoms with Gasteiger partial charge in [0.2, 0.25) is 0 Å². The van der Waals surface area contributed by atoms with Gasteiger partial charge in [0, 0.05) is 14.5 Å². The number of halogens is 2. The first kappa shape index (κ1) is 10.6. The van der Waals surface area contributed by atoms with Crippen molar-refractivity contribution in [3.05, 3.63) is 39.0 Å². The van der Waals surface area contributed by atoms with Gasteiger partial charge < -0.3 is 4.52 Å². The lowest BCUT2D eigenvalue weighted by Gasteiger charge is -1.99. The highest BCUT2D eigenvalue weighted by atomic mass is 79.9. The Kier molecular flexibility index (Phi) is 3.02. The van der Waals surface area contributed by atoms with Crippen molar-refractivity contribution in [3.8, 4) is 11.3 Å². The minimum Gasteiger partial charge on any atom is -0.363 e. The molecule has 0 aliphatic rings. The lowest BCUT2D eigenvalue weighted by atomic mass is 10.1. The summed E-state index contributed by atoms with van der Waals surface area (Å²) in [5.74, 6) is 0. The maximum atomic E-state index is 10.7. The zero-order chi connectivity index (χ0) is 10.8. The van der Waals surface area contributed by atoms with E-state index < -0.39 is 0 Å². The Hall–Kier alpha value is -0.940. The molecule has 0 unspecified atom stereocenters. The van der Waals surface area contributed by atoms with E-state index in [-0.39, 0.29) is 0 Å². The van der Waals surface area contributed by atoms with E-state index in [2.05, 4.69) is 37.0 Å². The second-order valence-electron chi connectivity index (χ2n) is 2.89. The van der Waals surface area contributed by atoms with Crippen LogP contribution in [-0.4, -0.2) is 11.4 Å². The molecular weight excluding hydrogens is 326 g/mol. The fourth-order valence-corrected chi connectivity index (χ4v) is 2.53. The van der Waals surface area contributed by atoms with E-state index in [9.17, 15) is 4.79 Å². The monoisotopic (exact) mass is 329 g/mol. The van der Waals surface area contributed by atoms with Crippen molar-refractivity contribution in [3.63, 3.8) is 0 Å². The Morgan fingerprint density at radius 2 is 1.87 bits per heavy atom. The normalized spacial score (nSPS) is 10.3. The van der Waals surface area contributed by atoms with Crippen LogP contribution in [0.25, 0.3) is 11.3 Å². The van der Waals surface area contributed by atoms with Crippen LogP contribution in [0.2, 0.25) is 0 Å². The molecule has 0 N–H and O–H groups in total. The average Bonchev–Trinajstić information content (AvgIpc) is 2.63. The van der Waals surface area contributed by atoms with E-state index in [1.165, 1.54) is 6.26 Å². The molecule has 1 aromatic carbocycles. The Morgan fingerprint density at radius 1 is 1.20 bits per heavy atom. The average molecular weight is 331 g/mol. The molecular formula is C10H5Br2NO2. The van der Waals surface area contributed by atoms with Gasteiger partial charge in [-0.05, 0) is 18.2 Å². The van der Waals surface area contributed by atoms with E-state index in [1.54, 1.807) is 0 Å². The van der Waals surface area contributed by atoms with Gasteiger partial charge in [-0.2, -0.15) is 0 Å². The molecule has 0 aliphatic carbocycles. The summed E-state index contributed by atoms with van der Waals surface area (Å²) in [6.45, 7) is 0. The zero-order valence-corrected chi connectivity index (χ0v) is 10.6. The minimum atomic E-state index is 0.444. The van der Waals surface area contributed by atoms with Gasteiger partial charge in [0.05, 0.1) is 5.56 Å². The van der Waals surface area contributed by atoms with Crippen LogP contribution < -0.4 is 0 Å². The Bertz CT molecular complexity index is 488. The van der Waals surface area contributed by atoms with Crippen molar-refractivity contribution < 1.29 is 9.32 Å². The van der Waals surface area contributed by atoms with E-state index in [1.807, 2.05) is 18.2 Å². The third kappa shape index (κ3) is 2.18. The summed E-state index contributed by atoms with van der Waals surface area (Å²) in [5.41, 5.74) is 1.82. The molecule has 0 fully saturated rings. The van der Waals surface area contributed by atoms with Gasteiger partial charge in [0.1, 0.15) is 12.0 Å². The number of hydrogen-bond donors (Lipinski definition) is 0. The maximum absolute atomic E-state index is 10.7. The summed E-state index contributed by atoms with van der Waals surface area (Å²) >= 11 is 6.74. The fraction of sp³-hybridized carbons (Fsp3) is 0. The summed E-state index contributed by atoms with van der Waals surface area (Å²) in [6, 6.07) is 5.65. The van der Waals surface area contributed by atoms with Crippen LogP contribution >= 0.6 is 31.9 Å². The van der Waals surface area contributed by atoms with Crippen molar-refractivity contribution >= 4 is 38.1 Å². The Balaban J connectivity index is 2.58. The van der Waals surface area contributed by atoms with Gasteiger partial charge in [0.15, 0.2) is 6.29 Å². The molecule has 2 rings (SSSR count). The van der Waals surface area contributed by atoms with Crippen LogP contribution in [0.15, 0.2) is 37.9 Å². The molecule has 1 heterocycles. The van der Waals surface area contributed by atoms with Crippen LogP contribution in [0.4, 0.5) is 0 Å². The molecule has 0 saturated heterocycles. The second-order valence-corrected chi connectivity index (χ2v) is 4.73. The zero-order valence-electron chi connectivity index (χ0n) is 7.41. The smallest absolute Gasteiger partial charge is 0.155 e. The van der Waals surface area contributed by atoms with Crippen molar-refractivity contribution in [1.29, 1.82) is 0 Å². The van der Waals surface area contributed by atoms with Gasteiger partial charge in [-0.15, -0.1) is 0 Å². The molecule has 2 aromatic rings. The molecule has 0 saturated carbocycles. The predicted molar refractivity (Wildman–Crippen MR) is 62.7 cm³/mol. The molecule has 5 heteroatoms. The first-order valence-electron chi connectivity index (χ1n) is 4.06. The lowest BCUT2D eigenvalue weighted by molar-refractivity contribution is 0.112. The number of hydrogen-bond acceptors (Lipinski definition) is 3. The summed E-state index contributed by atoms with van der Waals surface area (Å²) < 4.78 is 6.58. The molecule has 76 valence electrons. The van der Waals surface area contributed by atoms with Gasteiger partial charge in [0.25, 0.3) is 0 Å². The van der Waals surface area contributed by atoms with Crippen molar-refractivity contribution in [1.82, 2.24) is 5.16 Å². The van der Waals surface area contributed by atoms with Crippen LogP contribution in [-0.2, 0) is 0 Å². The van der Waals surface area contributed by atoms with E-state index in [4.69, 9.17) is 4.52 Å². The largest absolute Gasteiger partial charge is 0.363 e. The standard InChI is InChI=1S/C10H5Br2NO2/c11-8-1-6(2-9(12)3-8)10-7(4-14)5-15-13-10/h1-5H. The summed E-state index contributed by atoms with van der Waals surface area (Å²) in [7, 11) is 0. The molecule has 0 amide bonds. The highest BCUT2D eigenvalue weighted by Crippen LogP contribution is 2.28. The summed E-state index contributed by atoms with van der Waals surface area (Å²) in [6.07, 6.45) is 2.05. The number of carbonyl (C=O) groups is 1. The highest BCUT2D eigenvalue weighted by molar-refractivity contribution is 9.11. The molecule has 0 spiro atoms. The van der Waals surface area contributed by atoms with E-state index >= 15 is 0 Å². The van der Waals surface area contributed by atoms with Crippen molar-refractivity contribution in [2.24, 2.45) is 0 Å². The molecule has 0 atom stereocenters. The molecule has 0 bridgehead atoms. The van der Waals surface area contributed by atoms with Gasteiger partial charge in [-0.25, -0.2) is 0 Å². The highest BCUT2D eigenvalue weighted by Gasteiger charge is 2.10. The number of aromatic nitrogens is 1. The molecule has 15 heavy (non-hydrogen) atoms. The summed E-state index contributed by atoms with van der Waals surface area (Å²) in [5, 5.41) is 3.79. The second kappa shape index (κ2) is 4.28. The van der Waals surface area contributed by atoms with Crippen molar-refractivity contribution in [2.75, 3.05) is 0 Å². The number of benzene rings is 1. The number of rotatable bonds is 2. The third-order valence-corrected chi connectivity index (χ3v) is 2.78. The topological polar surface area (TPSA) is 43.1 Å². The quantitative estimate of drug-likeness (QED) is 0.789. The Morgan fingerprint density at radius 3 is 2.47 bits per heavy atom. The minimum absolute atomic E-state index is 0.444. The number of carbonyl (C=O) groups excluding carboxylic acids is 1. The number of aldehydes is 1. The fourth-order valence-electron chi connectivity index (χ4n) is 1.24. The first-order valence-corrected chi connectivity index (χ1v) is 5.65. The van der Waals surface area contributed by atoms with Gasteiger partial charge >= 0.3 is 0 Å². The molecule has 0 aliphatic heterocycles. The van der Waals surface area contributed by atoms with Crippen LogP contribution in [0, 0.1) is 0 Å². The Labute approximate surface area is 103 Å². The predicted octanol–water partition coefficient (Wildman–Crippen LogP) is 3.68. The first-order chi connectivity index (χ1) is 7.20. The lowest BCUT2D eigenvalue weighted by Crippen LogP contribution is -1.84. The summed E-state index contributed by atoms with van der Waals surface area (Å²) in [4.78, 5) is 10.7.